The fourth-order valence-electron chi connectivity index (χ4n) is 10.7. The van der Waals surface area contributed by atoms with Crippen LogP contribution in [0, 0.1) is 13.8 Å². The highest BCUT2D eigenvalue weighted by molar-refractivity contribution is 6.43. The third kappa shape index (κ3) is 7.25. The number of methoxy groups -OCH3 is 4. The predicted molar refractivity (Wildman–Crippen MR) is 263 cm³/mol. The molecule has 7 aromatic rings. The smallest absolute Gasteiger partial charge is 0.261 e. The van der Waals surface area contributed by atoms with Crippen LogP contribution in [0.3, 0.4) is 0 Å². The number of fused-ring (bicyclic) bond motifs is 2. The second-order valence-electron chi connectivity index (χ2n) is 18.0. The van der Waals surface area contributed by atoms with Gasteiger partial charge in [0, 0.05) is 62.5 Å². The molecule has 2 heterocycles. The number of rotatable bonds is 18. The summed E-state index contributed by atoms with van der Waals surface area (Å²) < 4.78 is 30.7. The SMILES string of the molecule is CCCCCCN1C(=O)c2ccc3c4c(Oc5cc(C(C)c6cc(OC)c(OC)cc6C)c(C)cc5OC)cc5c6c(ccc(c7c(OC)cc(c2c37)C1=O)c64)C(=O)N(CCCCCC)C5=O. The zero-order chi connectivity index (χ0) is 47.4. The Labute approximate surface area is 391 Å². The third-order valence-electron chi connectivity index (χ3n) is 14.1. The molecule has 9 rings (SSSR count). The number of nitrogens with zero attached hydrogens (tertiary/aromatic N) is 2. The summed E-state index contributed by atoms with van der Waals surface area (Å²) in [4.78, 5) is 60.8. The summed E-state index contributed by atoms with van der Waals surface area (Å²) in [6, 6.07) is 18.8. The van der Waals surface area contributed by atoms with E-state index in [1.165, 1.54) is 9.80 Å². The lowest BCUT2D eigenvalue weighted by Gasteiger charge is -2.31. The van der Waals surface area contributed by atoms with Crippen LogP contribution in [0.4, 0.5) is 0 Å². The molecule has 11 heteroatoms. The van der Waals surface area contributed by atoms with Crippen molar-refractivity contribution in [3.05, 3.63) is 105 Å². The van der Waals surface area contributed by atoms with Gasteiger partial charge in [0.05, 0.1) is 39.6 Å². The average molecular weight is 903 g/mol. The van der Waals surface area contributed by atoms with Crippen LogP contribution in [-0.2, 0) is 0 Å². The fraction of sp³-hybridized carbons (Fsp3) is 0.357. The maximum atomic E-state index is 14.8. The molecule has 0 radical (unpaired) electrons. The molecule has 1 unspecified atom stereocenters. The Morgan fingerprint density at radius 3 is 1.30 bits per heavy atom. The monoisotopic (exact) mass is 902 g/mol. The van der Waals surface area contributed by atoms with E-state index in [9.17, 15) is 19.2 Å². The van der Waals surface area contributed by atoms with Crippen LogP contribution in [0.25, 0.3) is 43.1 Å². The molecule has 0 bridgehead atoms. The second kappa shape index (κ2) is 18.1. The summed E-state index contributed by atoms with van der Waals surface area (Å²) in [6.45, 7) is 11.1. The van der Waals surface area contributed by atoms with Crippen LogP contribution in [0.1, 0.15) is 142 Å². The minimum absolute atomic E-state index is 0.121. The summed E-state index contributed by atoms with van der Waals surface area (Å²) in [5.41, 5.74) is 5.61. The largest absolute Gasteiger partial charge is 0.496 e. The van der Waals surface area contributed by atoms with Crippen LogP contribution in [0.5, 0.6) is 34.5 Å². The van der Waals surface area contributed by atoms with Gasteiger partial charge in [0.25, 0.3) is 23.6 Å². The van der Waals surface area contributed by atoms with Crippen molar-refractivity contribution in [3.63, 3.8) is 0 Å². The van der Waals surface area contributed by atoms with Gasteiger partial charge in [-0.2, -0.15) is 0 Å². The molecule has 2 aliphatic heterocycles. The van der Waals surface area contributed by atoms with Crippen molar-refractivity contribution >= 4 is 66.7 Å². The maximum absolute atomic E-state index is 14.8. The van der Waals surface area contributed by atoms with Crippen molar-refractivity contribution < 1.29 is 42.9 Å². The van der Waals surface area contributed by atoms with Crippen molar-refractivity contribution in [2.24, 2.45) is 0 Å². The molecule has 0 saturated heterocycles. The van der Waals surface area contributed by atoms with Gasteiger partial charge in [-0.05, 0) is 108 Å². The van der Waals surface area contributed by atoms with E-state index < -0.39 is 5.91 Å². The number of unbranched alkanes of at least 4 members (excludes halogenated alkanes) is 6. The van der Waals surface area contributed by atoms with Gasteiger partial charge in [-0.1, -0.05) is 71.4 Å². The van der Waals surface area contributed by atoms with E-state index >= 15 is 0 Å². The van der Waals surface area contributed by atoms with Crippen molar-refractivity contribution in [1.29, 1.82) is 0 Å². The van der Waals surface area contributed by atoms with Crippen molar-refractivity contribution in [3.8, 4) is 34.5 Å². The van der Waals surface area contributed by atoms with Gasteiger partial charge in [0.2, 0.25) is 0 Å². The molecule has 346 valence electrons. The minimum Gasteiger partial charge on any atom is -0.496 e. The molecule has 0 fully saturated rings. The molecule has 0 saturated carbocycles. The molecule has 2 aliphatic rings. The Morgan fingerprint density at radius 1 is 0.433 bits per heavy atom. The van der Waals surface area contributed by atoms with Gasteiger partial charge in [-0.25, -0.2) is 0 Å². The van der Waals surface area contributed by atoms with Crippen LogP contribution in [-0.4, -0.2) is 75.0 Å². The highest BCUT2D eigenvalue weighted by Crippen LogP contribution is 2.53. The molecular formula is C56H58N2O9. The Morgan fingerprint density at radius 2 is 0.836 bits per heavy atom. The lowest BCUT2D eigenvalue weighted by Crippen LogP contribution is -2.41. The van der Waals surface area contributed by atoms with Gasteiger partial charge >= 0.3 is 0 Å². The molecule has 1 atom stereocenters. The Kier molecular flexibility index (Phi) is 12.2. The number of hydrogen-bond acceptors (Lipinski definition) is 9. The number of carbonyl (C=O) groups is 4. The van der Waals surface area contributed by atoms with Crippen LogP contribution in [0.15, 0.2) is 60.7 Å². The lowest BCUT2D eigenvalue weighted by atomic mass is 9.81. The molecule has 0 spiro atoms. The molecule has 0 aliphatic carbocycles. The number of benzene rings is 7. The topological polar surface area (TPSA) is 121 Å². The number of ether oxygens (including phenoxy) is 5. The third-order valence-corrected chi connectivity index (χ3v) is 14.1. The van der Waals surface area contributed by atoms with E-state index in [0.717, 1.165) is 60.8 Å². The summed E-state index contributed by atoms with van der Waals surface area (Å²) >= 11 is 0. The first-order valence-electron chi connectivity index (χ1n) is 23.6. The van der Waals surface area contributed by atoms with Crippen molar-refractivity contribution in [2.45, 2.75) is 91.9 Å². The van der Waals surface area contributed by atoms with E-state index in [1.807, 2.05) is 50.2 Å². The molecular weight excluding hydrogens is 845 g/mol. The fourth-order valence-corrected chi connectivity index (χ4v) is 10.7. The Balaban J connectivity index is 1.31. The normalized spacial score (nSPS) is 14.0. The van der Waals surface area contributed by atoms with E-state index in [2.05, 4.69) is 20.8 Å². The molecule has 11 nitrogen and oxygen atoms in total. The Hall–Kier alpha value is -6.88. The van der Waals surface area contributed by atoms with Crippen molar-refractivity contribution in [1.82, 2.24) is 9.80 Å². The highest BCUT2D eigenvalue weighted by atomic mass is 16.5. The first kappa shape index (κ1) is 45.3. The summed E-state index contributed by atoms with van der Waals surface area (Å²) in [5, 5.41) is 5.06. The van der Waals surface area contributed by atoms with E-state index in [1.54, 1.807) is 52.7 Å². The summed E-state index contributed by atoms with van der Waals surface area (Å²) in [7, 11) is 6.41. The summed E-state index contributed by atoms with van der Waals surface area (Å²) in [6.07, 6.45) is 7.28. The van der Waals surface area contributed by atoms with Gasteiger partial charge in [0.1, 0.15) is 11.5 Å². The van der Waals surface area contributed by atoms with E-state index in [0.29, 0.717) is 126 Å². The first-order chi connectivity index (χ1) is 32.4. The number of hydrogen-bond donors (Lipinski definition) is 0. The molecule has 0 N–H and O–H groups in total. The quantitative estimate of drug-likeness (QED) is 0.0359. The standard InChI is InChI=1S/C56H58N2O9/c1-10-12-14-16-22-57-53(59)35-21-19-34-50-46(67-44-27-38(31(4)25-42(44)64-7)32(5)37-26-43(65-8)41(63-6)24-30(37)3)29-40-48-36(54(60)58(56(40)62)23-17-15-13-11-2)20-18-33(52(48)50)49-45(66-9)28-39(55(57)61)47(35)51(34)49/h18-21,24-29,32H,10-17,22-23H2,1-9H3. The number of aryl methyl sites for hydroxylation is 2. The first-order valence-corrected chi connectivity index (χ1v) is 23.6. The van der Waals surface area contributed by atoms with Gasteiger partial charge in [-0.15, -0.1) is 0 Å². The minimum atomic E-state index is -0.394. The van der Waals surface area contributed by atoms with Gasteiger partial charge in [0.15, 0.2) is 23.0 Å². The van der Waals surface area contributed by atoms with Gasteiger partial charge < -0.3 is 23.7 Å². The zero-order valence-corrected chi connectivity index (χ0v) is 40.0. The van der Waals surface area contributed by atoms with E-state index in [-0.39, 0.29) is 23.6 Å². The van der Waals surface area contributed by atoms with Crippen molar-refractivity contribution in [2.75, 3.05) is 41.5 Å². The maximum Gasteiger partial charge on any atom is 0.261 e. The van der Waals surface area contributed by atoms with Crippen LogP contribution < -0.4 is 23.7 Å². The molecule has 0 aromatic heterocycles. The van der Waals surface area contributed by atoms with Crippen LogP contribution in [0.2, 0.25) is 0 Å². The number of amides is 4. The zero-order valence-electron chi connectivity index (χ0n) is 40.0. The van der Waals surface area contributed by atoms with E-state index in [4.69, 9.17) is 23.7 Å². The molecule has 4 amide bonds. The lowest BCUT2D eigenvalue weighted by molar-refractivity contribution is 0.0592. The second-order valence-corrected chi connectivity index (χ2v) is 18.0. The Bertz CT molecular complexity index is 3170. The highest BCUT2D eigenvalue weighted by Gasteiger charge is 2.39. The average Bonchev–Trinajstić information content (AvgIpc) is 3.33. The predicted octanol–water partition coefficient (Wildman–Crippen LogP) is 12.7. The number of imide groups is 2. The molecule has 7 aromatic carbocycles. The molecule has 67 heavy (non-hydrogen) atoms. The van der Waals surface area contributed by atoms with Crippen LogP contribution >= 0.6 is 0 Å². The van der Waals surface area contributed by atoms with Gasteiger partial charge in [-0.3, -0.25) is 29.0 Å². The number of carbonyl (C=O) groups excluding carboxylic acids is 4. The summed E-state index contributed by atoms with van der Waals surface area (Å²) in [5.74, 6) is 1.40.